The van der Waals surface area contributed by atoms with Gasteiger partial charge in [-0.2, -0.15) is 5.10 Å². The Balaban J connectivity index is 2.10. The van der Waals surface area contributed by atoms with Crippen molar-refractivity contribution < 1.29 is 0 Å². The van der Waals surface area contributed by atoms with Gasteiger partial charge in [0.1, 0.15) is 12.2 Å². The van der Waals surface area contributed by atoms with E-state index in [-0.39, 0.29) is 0 Å². The molecule has 0 aromatic carbocycles. The summed E-state index contributed by atoms with van der Waals surface area (Å²) >= 11 is 0. The van der Waals surface area contributed by atoms with Crippen LogP contribution in [0.4, 0.5) is 0 Å². The lowest BCUT2D eigenvalue weighted by atomic mass is 9.65. The smallest absolute Gasteiger partial charge is 0.138 e. The van der Waals surface area contributed by atoms with Crippen molar-refractivity contribution in [2.75, 3.05) is 7.05 Å². The monoisotopic (exact) mass is 250 g/mol. The first-order chi connectivity index (χ1) is 8.54. The molecule has 1 aliphatic rings. The Morgan fingerprint density at radius 3 is 2.83 bits per heavy atom. The van der Waals surface area contributed by atoms with Crippen molar-refractivity contribution in [3.8, 4) is 0 Å². The molecule has 0 spiro atoms. The summed E-state index contributed by atoms with van der Waals surface area (Å²) in [6.07, 6.45) is 8.04. The van der Waals surface area contributed by atoms with E-state index in [2.05, 4.69) is 36.3 Å². The van der Waals surface area contributed by atoms with Crippen molar-refractivity contribution in [3.63, 3.8) is 0 Å². The van der Waals surface area contributed by atoms with E-state index < -0.39 is 0 Å². The molecule has 1 N–H and O–H groups in total. The Labute approximate surface area is 110 Å². The van der Waals surface area contributed by atoms with E-state index in [0.717, 1.165) is 18.2 Å². The summed E-state index contributed by atoms with van der Waals surface area (Å²) in [6.45, 7) is 4.83. The standard InChI is InChI=1S/C14H26N4/c1-14(2)8-6-5-7-11(14)12(15-3)9-13-16-10-17-18(13)4/h10-12,15H,5-9H2,1-4H3. The maximum Gasteiger partial charge on any atom is 0.138 e. The molecular formula is C14H26N4. The van der Waals surface area contributed by atoms with E-state index in [9.17, 15) is 0 Å². The molecule has 0 aliphatic heterocycles. The minimum Gasteiger partial charge on any atom is -0.316 e. The first-order valence-electron chi connectivity index (χ1n) is 7.05. The fourth-order valence-corrected chi connectivity index (χ4v) is 3.41. The topological polar surface area (TPSA) is 42.7 Å². The number of rotatable bonds is 4. The molecule has 1 fully saturated rings. The van der Waals surface area contributed by atoms with Crippen molar-refractivity contribution in [3.05, 3.63) is 12.2 Å². The first-order valence-corrected chi connectivity index (χ1v) is 7.05. The van der Waals surface area contributed by atoms with Gasteiger partial charge < -0.3 is 5.32 Å². The fourth-order valence-electron chi connectivity index (χ4n) is 3.41. The van der Waals surface area contributed by atoms with E-state index in [1.54, 1.807) is 6.33 Å². The molecule has 0 saturated heterocycles. The maximum absolute atomic E-state index is 4.36. The van der Waals surface area contributed by atoms with Crippen molar-refractivity contribution in [1.82, 2.24) is 20.1 Å². The van der Waals surface area contributed by atoms with Crippen LogP contribution in [-0.2, 0) is 13.5 Å². The van der Waals surface area contributed by atoms with Gasteiger partial charge in [-0.3, -0.25) is 4.68 Å². The van der Waals surface area contributed by atoms with Crippen molar-refractivity contribution >= 4 is 0 Å². The van der Waals surface area contributed by atoms with Gasteiger partial charge in [-0.05, 0) is 31.2 Å². The molecule has 1 aromatic rings. The molecule has 4 nitrogen and oxygen atoms in total. The molecular weight excluding hydrogens is 224 g/mol. The van der Waals surface area contributed by atoms with Crippen molar-refractivity contribution in [2.24, 2.45) is 18.4 Å². The summed E-state index contributed by atoms with van der Waals surface area (Å²) in [5.74, 6) is 1.81. The average Bonchev–Trinajstić information content (AvgIpc) is 2.72. The average molecular weight is 250 g/mol. The van der Waals surface area contributed by atoms with Gasteiger partial charge in [0.15, 0.2) is 0 Å². The Morgan fingerprint density at radius 2 is 2.28 bits per heavy atom. The van der Waals surface area contributed by atoms with Crippen LogP contribution >= 0.6 is 0 Å². The van der Waals surface area contributed by atoms with Gasteiger partial charge in [-0.25, -0.2) is 4.98 Å². The van der Waals surface area contributed by atoms with Crippen LogP contribution in [0.5, 0.6) is 0 Å². The molecule has 0 bridgehead atoms. The summed E-state index contributed by atoms with van der Waals surface area (Å²) in [5.41, 5.74) is 0.435. The molecule has 102 valence electrons. The molecule has 1 heterocycles. The maximum atomic E-state index is 4.36. The molecule has 1 saturated carbocycles. The zero-order valence-electron chi connectivity index (χ0n) is 12.1. The zero-order valence-corrected chi connectivity index (χ0v) is 12.1. The third kappa shape index (κ3) is 2.74. The second kappa shape index (κ2) is 5.39. The molecule has 2 atom stereocenters. The number of hydrogen-bond acceptors (Lipinski definition) is 3. The number of likely N-dealkylation sites (N-methyl/N-ethyl adjacent to an activating group) is 1. The normalized spacial score (nSPS) is 25.0. The van der Waals surface area contributed by atoms with Crippen LogP contribution in [0, 0.1) is 11.3 Å². The molecule has 2 rings (SSSR count). The lowest BCUT2D eigenvalue weighted by Crippen LogP contribution is -2.45. The second-order valence-corrected chi connectivity index (χ2v) is 6.24. The van der Waals surface area contributed by atoms with Crippen LogP contribution in [0.3, 0.4) is 0 Å². The summed E-state index contributed by atoms with van der Waals surface area (Å²) in [6, 6.07) is 0.503. The van der Waals surface area contributed by atoms with E-state index in [1.165, 1.54) is 25.7 Å². The molecule has 0 radical (unpaired) electrons. The molecule has 18 heavy (non-hydrogen) atoms. The van der Waals surface area contributed by atoms with Gasteiger partial charge in [0, 0.05) is 19.5 Å². The lowest BCUT2D eigenvalue weighted by Gasteiger charge is -2.43. The number of nitrogens with zero attached hydrogens (tertiary/aromatic N) is 3. The first kappa shape index (κ1) is 13.5. The fraction of sp³-hybridized carbons (Fsp3) is 0.857. The van der Waals surface area contributed by atoms with E-state index in [0.29, 0.717) is 11.5 Å². The van der Waals surface area contributed by atoms with Crippen LogP contribution in [-0.4, -0.2) is 27.9 Å². The number of aromatic nitrogens is 3. The van der Waals surface area contributed by atoms with Gasteiger partial charge in [0.25, 0.3) is 0 Å². The highest BCUT2D eigenvalue weighted by molar-refractivity contribution is 4.96. The number of nitrogens with one attached hydrogen (secondary N) is 1. The van der Waals surface area contributed by atoms with Crippen LogP contribution in [0.1, 0.15) is 45.4 Å². The molecule has 2 unspecified atom stereocenters. The third-order valence-electron chi connectivity index (χ3n) is 4.65. The lowest BCUT2D eigenvalue weighted by molar-refractivity contribution is 0.100. The second-order valence-electron chi connectivity index (χ2n) is 6.24. The Kier molecular flexibility index (Phi) is 4.05. The van der Waals surface area contributed by atoms with Gasteiger partial charge in [-0.15, -0.1) is 0 Å². The van der Waals surface area contributed by atoms with Crippen molar-refractivity contribution in [2.45, 2.75) is 52.0 Å². The summed E-state index contributed by atoms with van der Waals surface area (Å²) < 4.78 is 1.89. The quantitative estimate of drug-likeness (QED) is 0.890. The van der Waals surface area contributed by atoms with Crippen molar-refractivity contribution in [1.29, 1.82) is 0 Å². The molecule has 4 heteroatoms. The molecule has 0 amide bonds. The highest BCUT2D eigenvalue weighted by Gasteiger charge is 2.37. The largest absolute Gasteiger partial charge is 0.316 e. The van der Waals surface area contributed by atoms with Gasteiger partial charge in [-0.1, -0.05) is 26.7 Å². The predicted octanol–water partition coefficient (Wildman–Crippen LogP) is 2.16. The van der Waals surface area contributed by atoms with E-state index in [4.69, 9.17) is 0 Å². The van der Waals surface area contributed by atoms with Crippen LogP contribution < -0.4 is 5.32 Å². The molecule has 1 aromatic heterocycles. The summed E-state index contributed by atoms with van der Waals surface area (Å²) in [5, 5.41) is 7.68. The Bertz CT molecular complexity index is 383. The van der Waals surface area contributed by atoms with Gasteiger partial charge in [0.05, 0.1) is 0 Å². The Hall–Kier alpha value is -0.900. The minimum atomic E-state index is 0.435. The SMILES string of the molecule is CNC(Cc1ncnn1C)C1CCCCC1(C)C. The third-order valence-corrected chi connectivity index (χ3v) is 4.65. The highest BCUT2D eigenvalue weighted by atomic mass is 15.3. The van der Waals surface area contributed by atoms with Crippen LogP contribution in [0.2, 0.25) is 0 Å². The van der Waals surface area contributed by atoms with E-state index >= 15 is 0 Å². The summed E-state index contributed by atoms with van der Waals surface area (Å²) in [4.78, 5) is 4.36. The zero-order chi connectivity index (χ0) is 13.2. The highest BCUT2D eigenvalue weighted by Crippen LogP contribution is 2.42. The number of hydrogen-bond donors (Lipinski definition) is 1. The minimum absolute atomic E-state index is 0.435. The Morgan fingerprint density at radius 1 is 1.50 bits per heavy atom. The van der Waals surface area contributed by atoms with Crippen LogP contribution in [0.15, 0.2) is 6.33 Å². The van der Waals surface area contributed by atoms with Gasteiger partial charge >= 0.3 is 0 Å². The summed E-state index contributed by atoms with van der Waals surface area (Å²) in [7, 11) is 4.05. The molecule has 1 aliphatic carbocycles. The predicted molar refractivity (Wildman–Crippen MR) is 73.3 cm³/mol. The number of aryl methyl sites for hydroxylation is 1. The van der Waals surface area contributed by atoms with Gasteiger partial charge in [0.2, 0.25) is 0 Å². The van der Waals surface area contributed by atoms with E-state index in [1.807, 2.05) is 11.7 Å². The van der Waals surface area contributed by atoms with Crippen LogP contribution in [0.25, 0.3) is 0 Å².